The minimum atomic E-state index is -0.285. The van der Waals surface area contributed by atoms with Crippen LogP contribution in [0.4, 0.5) is 5.69 Å². The van der Waals surface area contributed by atoms with Crippen LogP contribution in [-0.4, -0.2) is 52.7 Å². The maximum atomic E-state index is 13.1. The van der Waals surface area contributed by atoms with E-state index in [4.69, 9.17) is 4.74 Å². The molecule has 1 N–H and O–H groups in total. The number of aromatic nitrogens is 2. The van der Waals surface area contributed by atoms with Crippen LogP contribution in [0.2, 0.25) is 0 Å². The zero-order valence-electron chi connectivity index (χ0n) is 16.4. The van der Waals surface area contributed by atoms with E-state index in [2.05, 4.69) is 15.2 Å². The lowest BCUT2D eigenvalue weighted by molar-refractivity contribution is 0.00589. The highest BCUT2D eigenvalue weighted by Crippen LogP contribution is 2.37. The molecule has 152 valence electrons. The van der Waals surface area contributed by atoms with Crippen molar-refractivity contribution in [3.8, 4) is 0 Å². The summed E-state index contributed by atoms with van der Waals surface area (Å²) in [6, 6.07) is 7.67. The number of ether oxygens (including phenoxy) is 1. The van der Waals surface area contributed by atoms with Gasteiger partial charge in [0.25, 0.3) is 11.5 Å². The molecular weight excluding hydrogens is 368 g/mol. The van der Waals surface area contributed by atoms with E-state index < -0.39 is 0 Å². The number of hydrogen-bond donors (Lipinski definition) is 1. The second kappa shape index (κ2) is 7.72. The summed E-state index contributed by atoms with van der Waals surface area (Å²) in [6.45, 7) is 4.48. The fraction of sp³-hybridized carbons (Fsp3) is 0.500. The molecule has 7 heteroatoms. The van der Waals surface area contributed by atoms with Gasteiger partial charge in [-0.2, -0.15) is 0 Å². The van der Waals surface area contributed by atoms with Crippen LogP contribution in [0.25, 0.3) is 0 Å². The summed E-state index contributed by atoms with van der Waals surface area (Å²) in [5.74, 6) is 0.572. The third kappa shape index (κ3) is 3.60. The molecule has 0 radical (unpaired) electrons. The molecular formula is C22H26N4O3. The number of nitrogens with zero attached hydrogens (tertiary/aromatic N) is 3. The Balaban J connectivity index is 1.37. The average Bonchev–Trinajstić information content (AvgIpc) is 2.77. The second-order valence-corrected chi connectivity index (χ2v) is 8.37. The summed E-state index contributed by atoms with van der Waals surface area (Å²) in [6.07, 6.45) is 6.49. The first-order chi connectivity index (χ1) is 14.2. The van der Waals surface area contributed by atoms with Crippen molar-refractivity contribution >= 4 is 11.6 Å². The number of carbonyl (C=O) groups excluding carboxylic acids is 1. The molecule has 0 unspecified atom stereocenters. The molecule has 2 bridgehead atoms. The Kier molecular flexibility index (Phi) is 4.93. The van der Waals surface area contributed by atoms with E-state index in [1.807, 2.05) is 10.6 Å². The van der Waals surface area contributed by atoms with Crippen LogP contribution < -0.4 is 10.9 Å². The molecule has 1 amide bonds. The Bertz CT molecular complexity index is 952. The molecule has 0 aliphatic carbocycles. The van der Waals surface area contributed by atoms with Gasteiger partial charge in [-0.1, -0.05) is 0 Å². The Labute approximate surface area is 169 Å². The molecule has 5 heterocycles. The number of hydrogen-bond acceptors (Lipinski definition) is 5. The van der Waals surface area contributed by atoms with Gasteiger partial charge in [0.15, 0.2) is 0 Å². The van der Waals surface area contributed by atoms with Gasteiger partial charge >= 0.3 is 0 Å². The van der Waals surface area contributed by atoms with Gasteiger partial charge in [-0.25, -0.2) is 0 Å². The first-order valence-electron chi connectivity index (χ1n) is 10.5. The predicted octanol–water partition coefficient (Wildman–Crippen LogP) is 2.09. The lowest BCUT2D eigenvalue weighted by Crippen LogP contribution is -2.51. The summed E-state index contributed by atoms with van der Waals surface area (Å²) < 4.78 is 7.41. The van der Waals surface area contributed by atoms with E-state index in [1.165, 1.54) is 0 Å². The molecule has 2 saturated heterocycles. The molecule has 2 aromatic rings. The minimum absolute atomic E-state index is 0.0980. The standard InChI is InChI=1S/C22H26N4O3/c27-21(16-3-7-23-8-4-16)24-19-1-2-20-17-11-15(13-26(20)22(19)28)12-25(14-17)18-5-9-29-10-6-18/h1-4,7-8,15,17-18H,5-6,9-14H2,(H,24,27)/t15-,17+/m0/s1. The average molecular weight is 394 g/mol. The Morgan fingerprint density at radius 1 is 1.07 bits per heavy atom. The van der Waals surface area contributed by atoms with E-state index in [1.54, 1.807) is 30.6 Å². The highest BCUT2D eigenvalue weighted by molar-refractivity contribution is 6.04. The molecule has 29 heavy (non-hydrogen) atoms. The van der Waals surface area contributed by atoms with Crippen molar-refractivity contribution in [2.24, 2.45) is 5.92 Å². The van der Waals surface area contributed by atoms with E-state index in [-0.39, 0.29) is 11.5 Å². The number of amides is 1. The fourth-order valence-corrected chi connectivity index (χ4v) is 5.12. The zero-order valence-corrected chi connectivity index (χ0v) is 16.4. The molecule has 0 aromatic carbocycles. The number of carbonyl (C=O) groups is 1. The van der Waals surface area contributed by atoms with Gasteiger partial charge in [0.1, 0.15) is 5.69 Å². The largest absolute Gasteiger partial charge is 0.381 e. The van der Waals surface area contributed by atoms with Gasteiger partial charge in [0.05, 0.1) is 0 Å². The summed E-state index contributed by atoms with van der Waals surface area (Å²) in [5, 5.41) is 2.78. The SMILES string of the molecule is O=C(Nc1ccc2n(c1=O)C[C@H]1C[C@@H]2CN(C2CCOCC2)C1)c1ccncc1. The molecule has 7 nitrogen and oxygen atoms in total. The summed E-state index contributed by atoms with van der Waals surface area (Å²) in [7, 11) is 0. The number of nitrogens with one attached hydrogen (secondary N) is 1. The quantitative estimate of drug-likeness (QED) is 0.863. The van der Waals surface area contributed by atoms with Crippen molar-refractivity contribution in [1.29, 1.82) is 0 Å². The van der Waals surface area contributed by atoms with Gasteiger partial charge in [0.2, 0.25) is 0 Å². The van der Waals surface area contributed by atoms with E-state index >= 15 is 0 Å². The smallest absolute Gasteiger partial charge is 0.274 e. The number of piperidine rings is 1. The zero-order chi connectivity index (χ0) is 19.8. The first-order valence-corrected chi connectivity index (χ1v) is 10.5. The minimum Gasteiger partial charge on any atom is -0.381 e. The Morgan fingerprint density at radius 3 is 2.66 bits per heavy atom. The predicted molar refractivity (Wildman–Crippen MR) is 109 cm³/mol. The first kappa shape index (κ1) is 18.5. The maximum Gasteiger partial charge on any atom is 0.274 e. The molecule has 3 aliphatic rings. The van der Waals surface area contributed by atoms with Crippen molar-refractivity contribution < 1.29 is 9.53 Å². The van der Waals surface area contributed by atoms with Gasteiger partial charge in [-0.05, 0) is 49.4 Å². The van der Waals surface area contributed by atoms with Crippen LogP contribution in [0.1, 0.15) is 41.2 Å². The molecule has 5 rings (SSSR count). The molecule has 0 saturated carbocycles. The summed E-state index contributed by atoms with van der Waals surface area (Å²) in [4.78, 5) is 32.1. The number of anilines is 1. The highest BCUT2D eigenvalue weighted by Gasteiger charge is 2.37. The van der Waals surface area contributed by atoms with Crippen molar-refractivity contribution in [2.75, 3.05) is 31.6 Å². The van der Waals surface area contributed by atoms with Crippen LogP contribution in [0.3, 0.4) is 0 Å². The van der Waals surface area contributed by atoms with Crippen molar-refractivity contribution in [3.05, 3.63) is 58.3 Å². The van der Waals surface area contributed by atoms with Crippen LogP contribution in [0.5, 0.6) is 0 Å². The number of likely N-dealkylation sites (tertiary alicyclic amines) is 1. The third-order valence-electron chi connectivity index (χ3n) is 6.53. The summed E-state index contributed by atoms with van der Waals surface area (Å²) in [5.41, 5.74) is 1.84. The highest BCUT2D eigenvalue weighted by atomic mass is 16.5. The van der Waals surface area contributed by atoms with E-state index in [0.717, 1.165) is 57.8 Å². The van der Waals surface area contributed by atoms with Crippen molar-refractivity contribution in [1.82, 2.24) is 14.5 Å². The number of fused-ring (bicyclic) bond motifs is 4. The third-order valence-corrected chi connectivity index (χ3v) is 6.53. The van der Waals surface area contributed by atoms with Crippen LogP contribution in [0.15, 0.2) is 41.5 Å². The van der Waals surface area contributed by atoms with Gasteiger partial charge in [-0.15, -0.1) is 0 Å². The lowest BCUT2D eigenvalue weighted by Gasteiger charge is -2.46. The van der Waals surface area contributed by atoms with Crippen LogP contribution in [-0.2, 0) is 11.3 Å². The Morgan fingerprint density at radius 2 is 1.86 bits per heavy atom. The summed E-state index contributed by atoms with van der Waals surface area (Å²) >= 11 is 0. The maximum absolute atomic E-state index is 13.1. The second-order valence-electron chi connectivity index (χ2n) is 8.37. The molecule has 3 aliphatic heterocycles. The van der Waals surface area contributed by atoms with Crippen molar-refractivity contribution in [3.63, 3.8) is 0 Å². The van der Waals surface area contributed by atoms with Gasteiger partial charge in [0, 0.05) is 68.5 Å². The van der Waals surface area contributed by atoms with Crippen LogP contribution >= 0.6 is 0 Å². The number of pyridine rings is 2. The normalized spacial score (nSPS) is 24.7. The molecule has 2 aromatic heterocycles. The number of rotatable bonds is 3. The monoisotopic (exact) mass is 394 g/mol. The fourth-order valence-electron chi connectivity index (χ4n) is 5.12. The molecule has 2 fully saturated rings. The molecule has 2 atom stereocenters. The Hall–Kier alpha value is -2.51. The lowest BCUT2D eigenvalue weighted by atomic mass is 9.82. The van der Waals surface area contributed by atoms with Gasteiger partial charge < -0.3 is 14.6 Å². The molecule has 0 spiro atoms. The van der Waals surface area contributed by atoms with Crippen LogP contribution in [0, 0.1) is 5.92 Å². The van der Waals surface area contributed by atoms with E-state index in [0.29, 0.717) is 29.1 Å². The van der Waals surface area contributed by atoms with Crippen molar-refractivity contribution in [2.45, 2.75) is 37.8 Å². The van der Waals surface area contributed by atoms with Gasteiger partial charge in [-0.3, -0.25) is 19.5 Å². The topological polar surface area (TPSA) is 76.5 Å². The van der Waals surface area contributed by atoms with E-state index in [9.17, 15) is 9.59 Å².